The molecule has 0 heterocycles. The zero-order valence-corrected chi connectivity index (χ0v) is 17.9. The third kappa shape index (κ3) is 9.74. The van der Waals surface area contributed by atoms with Crippen molar-refractivity contribution < 1.29 is 27.2 Å². The first-order chi connectivity index (χ1) is 12.1. The van der Waals surface area contributed by atoms with Crippen LogP contribution in [0.5, 0.6) is 11.5 Å². The number of nitrogens with one attached hydrogen (secondary N) is 1. The summed E-state index contributed by atoms with van der Waals surface area (Å²) in [4.78, 5) is 12.0. The van der Waals surface area contributed by atoms with Crippen molar-refractivity contribution >= 4 is 16.1 Å². The third-order valence-corrected chi connectivity index (χ3v) is 3.94. The van der Waals surface area contributed by atoms with Gasteiger partial charge in [0.15, 0.2) is 11.5 Å². The van der Waals surface area contributed by atoms with Crippen molar-refractivity contribution in [3.63, 3.8) is 0 Å². The van der Waals surface area contributed by atoms with Crippen LogP contribution in [0.25, 0.3) is 0 Å². The number of benzene rings is 1. The second-order valence-corrected chi connectivity index (χ2v) is 10.5. The fourth-order valence-corrected chi connectivity index (χ4v) is 2.83. The van der Waals surface area contributed by atoms with Gasteiger partial charge in [-0.25, -0.2) is 0 Å². The van der Waals surface area contributed by atoms with Crippen molar-refractivity contribution in [2.75, 3.05) is 12.8 Å². The molecule has 1 aromatic rings. The smallest absolute Gasteiger partial charge is 0.311 e. The highest BCUT2D eigenvalue weighted by Gasteiger charge is 2.23. The molecule has 1 aromatic carbocycles. The Hall–Kier alpha value is -1.64. The van der Waals surface area contributed by atoms with Crippen molar-refractivity contribution in [3.05, 3.63) is 23.8 Å². The lowest BCUT2D eigenvalue weighted by Crippen LogP contribution is -2.39. The average molecular weight is 402 g/mol. The molecule has 7 nitrogen and oxygen atoms in total. The number of phenolic OH excluding ortho intramolecular Hbond substituents is 1. The summed E-state index contributed by atoms with van der Waals surface area (Å²) in [7, 11) is -3.71. The molecule has 0 radical (unpaired) electrons. The maximum atomic E-state index is 12.0. The lowest BCUT2D eigenvalue weighted by atomic mass is 9.92. The van der Waals surface area contributed by atoms with Gasteiger partial charge in [0.2, 0.25) is 0 Å². The van der Waals surface area contributed by atoms with Gasteiger partial charge in [-0.1, -0.05) is 26.8 Å². The summed E-state index contributed by atoms with van der Waals surface area (Å²) < 4.78 is 33.5. The topological polar surface area (TPSA) is 102 Å². The van der Waals surface area contributed by atoms with Crippen molar-refractivity contribution in [3.8, 4) is 11.5 Å². The molecule has 0 bridgehead atoms. The number of carbonyl (C=O) groups is 1. The second kappa shape index (κ2) is 8.58. The van der Waals surface area contributed by atoms with Crippen LogP contribution in [0.1, 0.15) is 59.6 Å². The largest absolute Gasteiger partial charge is 0.504 e. The van der Waals surface area contributed by atoms with E-state index < -0.39 is 22.2 Å². The summed E-state index contributed by atoms with van der Waals surface area (Å²) in [6.45, 7) is 11.8. The summed E-state index contributed by atoms with van der Waals surface area (Å²) in [6, 6.07) is 4.35. The molecule has 1 unspecified atom stereocenters. The van der Waals surface area contributed by atoms with E-state index in [-0.39, 0.29) is 35.4 Å². The Bertz CT molecular complexity index is 759. The van der Waals surface area contributed by atoms with Gasteiger partial charge in [-0.3, -0.25) is 8.98 Å². The van der Waals surface area contributed by atoms with E-state index in [9.17, 15) is 18.3 Å². The molecule has 27 heavy (non-hydrogen) atoms. The Balaban J connectivity index is 3.01. The molecule has 1 rings (SSSR count). The molecule has 0 aliphatic rings. The van der Waals surface area contributed by atoms with Crippen LogP contribution in [0.3, 0.4) is 0 Å². The molecule has 0 aliphatic carbocycles. The van der Waals surface area contributed by atoms with Crippen LogP contribution in [0.15, 0.2) is 18.2 Å². The van der Waals surface area contributed by atoms with E-state index in [2.05, 4.69) is 5.32 Å². The molecule has 154 valence electrons. The monoisotopic (exact) mass is 401 g/mol. The number of carbonyl (C=O) groups excluding carboxylic acids is 1. The fraction of sp³-hybridized carbons (Fsp3) is 0.632. The number of hydrogen-bond acceptors (Lipinski definition) is 7. The highest BCUT2D eigenvalue weighted by molar-refractivity contribution is 7.86. The number of rotatable bonds is 7. The van der Waals surface area contributed by atoms with E-state index in [0.717, 1.165) is 6.26 Å². The van der Waals surface area contributed by atoms with Crippen LogP contribution in [-0.2, 0) is 19.1 Å². The predicted molar refractivity (Wildman–Crippen MR) is 104 cm³/mol. The minimum absolute atomic E-state index is 0.0230. The minimum Gasteiger partial charge on any atom is -0.504 e. The maximum absolute atomic E-state index is 12.0. The predicted octanol–water partition coefficient (Wildman–Crippen LogP) is 3.14. The summed E-state index contributed by atoms with van der Waals surface area (Å²) in [6.07, 6.45) is 0.341. The van der Waals surface area contributed by atoms with Crippen LogP contribution in [-0.4, -0.2) is 37.8 Å². The second-order valence-electron chi connectivity index (χ2n) is 8.86. The van der Waals surface area contributed by atoms with E-state index in [1.807, 2.05) is 41.5 Å². The molecule has 8 heteroatoms. The average Bonchev–Trinajstić information content (AvgIpc) is 2.41. The molecule has 0 spiro atoms. The first-order valence-corrected chi connectivity index (χ1v) is 10.5. The van der Waals surface area contributed by atoms with Crippen LogP contribution in [0.2, 0.25) is 0 Å². The maximum Gasteiger partial charge on any atom is 0.311 e. The molecular formula is C19H31NO6S. The lowest BCUT2D eigenvalue weighted by molar-refractivity contribution is -0.136. The van der Waals surface area contributed by atoms with Crippen LogP contribution in [0.4, 0.5) is 0 Å². The van der Waals surface area contributed by atoms with Gasteiger partial charge < -0.3 is 15.2 Å². The van der Waals surface area contributed by atoms with Gasteiger partial charge in [0.25, 0.3) is 10.1 Å². The Kier molecular flexibility index (Phi) is 7.44. The number of aromatic hydroxyl groups is 1. The van der Waals surface area contributed by atoms with Crippen LogP contribution >= 0.6 is 0 Å². The van der Waals surface area contributed by atoms with E-state index in [4.69, 9.17) is 8.92 Å². The molecule has 1 atom stereocenters. The van der Waals surface area contributed by atoms with Gasteiger partial charge in [-0.2, -0.15) is 8.42 Å². The molecule has 0 aromatic heterocycles. The van der Waals surface area contributed by atoms with E-state index >= 15 is 0 Å². The lowest BCUT2D eigenvalue weighted by Gasteiger charge is -2.25. The van der Waals surface area contributed by atoms with Crippen molar-refractivity contribution in [1.29, 1.82) is 0 Å². The number of ether oxygens (including phenoxy) is 1. The highest BCUT2D eigenvalue weighted by Crippen LogP contribution is 2.32. The number of hydrogen-bond donors (Lipinski definition) is 2. The first kappa shape index (κ1) is 23.4. The highest BCUT2D eigenvalue weighted by atomic mass is 32.2. The van der Waals surface area contributed by atoms with Crippen LogP contribution < -0.4 is 10.1 Å². The summed E-state index contributed by atoms with van der Waals surface area (Å²) in [5.74, 6) is -0.689. The van der Waals surface area contributed by atoms with Gasteiger partial charge >= 0.3 is 5.97 Å². The molecule has 2 N–H and O–H groups in total. The summed E-state index contributed by atoms with van der Waals surface area (Å²) in [5, 5.41) is 13.4. The van der Waals surface area contributed by atoms with E-state index in [0.29, 0.717) is 5.56 Å². The van der Waals surface area contributed by atoms with Gasteiger partial charge in [0.05, 0.1) is 12.7 Å². The zero-order valence-electron chi connectivity index (χ0n) is 17.1. The van der Waals surface area contributed by atoms with Gasteiger partial charge in [0.1, 0.15) is 6.10 Å². The molecule has 0 fully saturated rings. The molecule has 0 amide bonds. The molecular weight excluding hydrogens is 370 g/mol. The minimum atomic E-state index is -3.71. The zero-order chi connectivity index (χ0) is 21.0. The van der Waals surface area contributed by atoms with Gasteiger partial charge in [0, 0.05) is 12.1 Å². The normalized spacial score (nSPS) is 14.0. The number of esters is 1. The van der Waals surface area contributed by atoms with Crippen molar-refractivity contribution in [1.82, 2.24) is 5.32 Å². The SMILES string of the molecule is CC(C)(C)CC(=O)Oc1ccc(C(CNC(C)(C)C)OS(C)(=O)=O)cc1O. The van der Waals surface area contributed by atoms with Crippen LogP contribution in [0, 0.1) is 5.41 Å². The molecule has 0 saturated heterocycles. The standard InChI is InChI=1S/C19H31NO6S/c1-18(2,3)11-17(22)25-15-9-8-13(10-14(15)21)16(26-27(7,23)24)12-20-19(4,5)6/h8-10,16,20-21H,11-12H2,1-7H3. The summed E-state index contributed by atoms with van der Waals surface area (Å²) in [5.41, 5.74) is -0.0335. The quantitative estimate of drug-likeness (QED) is 0.411. The van der Waals surface area contributed by atoms with E-state index in [1.165, 1.54) is 12.1 Å². The number of phenols is 1. The summed E-state index contributed by atoms with van der Waals surface area (Å²) >= 11 is 0. The van der Waals surface area contributed by atoms with Gasteiger partial charge in [-0.15, -0.1) is 0 Å². The Morgan fingerprint density at radius 2 is 1.78 bits per heavy atom. The molecule has 0 saturated carbocycles. The Morgan fingerprint density at radius 3 is 2.22 bits per heavy atom. The first-order valence-electron chi connectivity index (χ1n) is 8.73. The molecule has 0 aliphatic heterocycles. The fourth-order valence-electron chi connectivity index (χ4n) is 2.23. The van der Waals surface area contributed by atoms with E-state index in [1.54, 1.807) is 6.07 Å². The van der Waals surface area contributed by atoms with Gasteiger partial charge in [-0.05, 0) is 43.9 Å². The van der Waals surface area contributed by atoms with Crippen molar-refractivity contribution in [2.45, 2.75) is 59.6 Å². The Morgan fingerprint density at radius 1 is 1.19 bits per heavy atom. The van der Waals surface area contributed by atoms with Crippen molar-refractivity contribution in [2.24, 2.45) is 5.41 Å². The Labute approximate surface area is 162 Å². The third-order valence-electron chi connectivity index (χ3n) is 3.36.